The number of esters is 1. The van der Waals surface area contributed by atoms with E-state index in [0.717, 1.165) is 12.8 Å². The summed E-state index contributed by atoms with van der Waals surface area (Å²) in [6.07, 6.45) is 1.99. The molecule has 0 bridgehead atoms. The molecule has 0 saturated carbocycles. The summed E-state index contributed by atoms with van der Waals surface area (Å²) in [6.45, 7) is 7.88. The smallest absolute Gasteiger partial charge is 0.328 e. The third-order valence-electron chi connectivity index (χ3n) is 3.48. The van der Waals surface area contributed by atoms with Crippen LogP contribution in [0.15, 0.2) is 24.3 Å². The van der Waals surface area contributed by atoms with E-state index in [1.807, 2.05) is 6.07 Å². The zero-order chi connectivity index (χ0) is 16.5. The van der Waals surface area contributed by atoms with Crippen LogP contribution in [0.2, 0.25) is 0 Å². The number of carbonyl (C=O) groups excluding carboxylic acids is 1. The first kappa shape index (κ1) is 18.6. The largest absolute Gasteiger partial charge is 0.464 e. The lowest BCUT2D eigenvalue weighted by Crippen LogP contribution is -2.29. The molecule has 124 valence electrons. The minimum atomic E-state index is -2.10. The second kappa shape index (κ2) is 9.52. The molecule has 1 unspecified atom stereocenters. The summed E-state index contributed by atoms with van der Waals surface area (Å²) in [5.41, 5.74) is 0.634. The molecule has 0 aliphatic rings. The van der Waals surface area contributed by atoms with Gasteiger partial charge in [-0.3, -0.25) is 4.57 Å². The number of anilines is 1. The molecule has 0 spiro atoms. The average molecular weight is 327 g/mol. The van der Waals surface area contributed by atoms with E-state index < -0.39 is 14.1 Å². The van der Waals surface area contributed by atoms with E-state index in [0.29, 0.717) is 24.0 Å². The highest BCUT2D eigenvalue weighted by atomic mass is 31.1. The summed E-state index contributed by atoms with van der Waals surface area (Å²) in [5, 5.41) is 3.05. The van der Waals surface area contributed by atoms with Gasteiger partial charge in [-0.25, -0.2) is 4.79 Å². The topological polar surface area (TPSA) is 64.6 Å². The van der Waals surface area contributed by atoms with Crippen molar-refractivity contribution in [2.75, 3.05) is 18.6 Å². The Morgan fingerprint density at radius 3 is 2.50 bits per heavy atom. The van der Waals surface area contributed by atoms with Crippen molar-refractivity contribution in [2.45, 2.75) is 39.7 Å². The van der Waals surface area contributed by atoms with E-state index in [-0.39, 0.29) is 5.97 Å². The summed E-state index contributed by atoms with van der Waals surface area (Å²) in [5.74, 6) is 0.580. The Labute approximate surface area is 133 Å². The number of hydrogen-bond donors (Lipinski definition) is 1. The van der Waals surface area contributed by atoms with Crippen molar-refractivity contribution in [3.63, 3.8) is 0 Å². The van der Waals surface area contributed by atoms with Gasteiger partial charge in [-0.2, -0.15) is 0 Å². The number of ether oxygens (including phenoxy) is 1. The molecule has 0 amide bonds. The van der Waals surface area contributed by atoms with Crippen LogP contribution < -0.4 is 9.84 Å². The SMILES string of the molecule is CCC(CC)COC(=O)[C@H](C)Nc1ccccc1O[PH](C)=O. The molecule has 0 aliphatic carbocycles. The van der Waals surface area contributed by atoms with Crippen molar-refractivity contribution in [3.8, 4) is 5.75 Å². The summed E-state index contributed by atoms with van der Waals surface area (Å²) < 4.78 is 21.9. The second-order valence-corrected chi connectivity index (χ2v) is 6.46. The van der Waals surface area contributed by atoms with E-state index in [4.69, 9.17) is 9.26 Å². The second-order valence-electron chi connectivity index (χ2n) is 5.27. The minimum Gasteiger partial charge on any atom is -0.464 e. The monoisotopic (exact) mass is 327 g/mol. The molecular weight excluding hydrogens is 301 g/mol. The van der Waals surface area contributed by atoms with Crippen molar-refractivity contribution in [1.29, 1.82) is 0 Å². The van der Waals surface area contributed by atoms with Gasteiger partial charge < -0.3 is 14.6 Å². The van der Waals surface area contributed by atoms with Gasteiger partial charge in [-0.15, -0.1) is 0 Å². The van der Waals surface area contributed by atoms with Crippen LogP contribution in [0.5, 0.6) is 5.75 Å². The van der Waals surface area contributed by atoms with Gasteiger partial charge in [-0.05, 0) is 25.0 Å². The molecule has 6 heteroatoms. The molecule has 0 aromatic heterocycles. The van der Waals surface area contributed by atoms with Crippen molar-refractivity contribution >= 4 is 19.7 Å². The molecule has 1 N–H and O–H groups in total. The molecule has 2 atom stereocenters. The van der Waals surface area contributed by atoms with Gasteiger partial charge >= 0.3 is 5.97 Å². The van der Waals surface area contributed by atoms with Gasteiger partial charge in [0.15, 0.2) is 0 Å². The van der Waals surface area contributed by atoms with Crippen LogP contribution in [0.25, 0.3) is 0 Å². The molecule has 1 rings (SSSR count). The third kappa shape index (κ3) is 6.10. The average Bonchev–Trinajstić information content (AvgIpc) is 2.49. The Bertz CT molecular complexity index is 503. The van der Waals surface area contributed by atoms with E-state index in [2.05, 4.69) is 19.2 Å². The molecule has 0 fully saturated rings. The Morgan fingerprint density at radius 2 is 1.91 bits per heavy atom. The number of para-hydroxylation sites is 2. The zero-order valence-corrected chi connectivity index (χ0v) is 14.7. The Hall–Kier alpha value is -1.48. The van der Waals surface area contributed by atoms with Crippen molar-refractivity contribution in [1.82, 2.24) is 0 Å². The molecule has 0 radical (unpaired) electrons. The van der Waals surface area contributed by atoms with E-state index in [1.165, 1.54) is 6.66 Å². The zero-order valence-electron chi connectivity index (χ0n) is 13.7. The Balaban J connectivity index is 2.62. The molecule has 22 heavy (non-hydrogen) atoms. The highest BCUT2D eigenvalue weighted by Crippen LogP contribution is 2.31. The lowest BCUT2D eigenvalue weighted by atomic mass is 10.1. The predicted molar refractivity (Wildman–Crippen MR) is 90.1 cm³/mol. The first-order chi connectivity index (χ1) is 10.5. The molecule has 0 saturated heterocycles. The molecular formula is C16H26NO4P. The van der Waals surface area contributed by atoms with Gasteiger partial charge in [0.2, 0.25) is 8.03 Å². The summed E-state index contributed by atoms with van der Waals surface area (Å²) in [6, 6.07) is 6.62. The van der Waals surface area contributed by atoms with Gasteiger partial charge in [0.05, 0.1) is 12.3 Å². The third-order valence-corrected chi connectivity index (χ3v) is 3.99. The van der Waals surface area contributed by atoms with Gasteiger partial charge in [0.1, 0.15) is 11.8 Å². The predicted octanol–water partition coefficient (Wildman–Crippen LogP) is 3.95. The van der Waals surface area contributed by atoms with E-state index in [1.54, 1.807) is 25.1 Å². The Morgan fingerprint density at radius 1 is 1.27 bits per heavy atom. The quantitative estimate of drug-likeness (QED) is 0.549. The van der Waals surface area contributed by atoms with E-state index in [9.17, 15) is 9.36 Å². The number of rotatable bonds is 9. The molecule has 1 aromatic rings. The number of hydrogen-bond acceptors (Lipinski definition) is 5. The first-order valence-corrected chi connectivity index (χ1v) is 9.50. The maximum absolute atomic E-state index is 12.0. The fourth-order valence-electron chi connectivity index (χ4n) is 1.97. The first-order valence-electron chi connectivity index (χ1n) is 7.68. The van der Waals surface area contributed by atoms with Gasteiger partial charge in [0, 0.05) is 6.66 Å². The highest BCUT2D eigenvalue weighted by molar-refractivity contribution is 7.38. The van der Waals surface area contributed by atoms with Gasteiger partial charge in [-0.1, -0.05) is 38.8 Å². The maximum atomic E-state index is 12.0. The molecule has 0 aliphatic heterocycles. The number of benzene rings is 1. The van der Waals surface area contributed by atoms with Crippen molar-refractivity contribution in [2.24, 2.45) is 5.92 Å². The molecule has 0 heterocycles. The minimum absolute atomic E-state index is 0.300. The molecule has 5 nitrogen and oxygen atoms in total. The maximum Gasteiger partial charge on any atom is 0.328 e. The fourth-order valence-corrected chi connectivity index (χ4v) is 2.46. The summed E-state index contributed by atoms with van der Waals surface area (Å²) in [4.78, 5) is 12.0. The van der Waals surface area contributed by atoms with Crippen LogP contribution in [0.1, 0.15) is 33.6 Å². The van der Waals surface area contributed by atoms with Crippen LogP contribution in [-0.4, -0.2) is 25.3 Å². The normalized spacial score (nSPS) is 13.5. The van der Waals surface area contributed by atoms with Crippen molar-refractivity contribution < 1.29 is 18.6 Å². The number of nitrogens with one attached hydrogen (secondary N) is 1. The highest BCUT2D eigenvalue weighted by Gasteiger charge is 2.17. The van der Waals surface area contributed by atoms with Crippen LogP contribution in [0.4, 0.5) is 5.69 Å². The van der Waals surface area contributed by atoms with Crippen LogP contribution in [0, 0.1) is 5.92 Å². The Kier molecular flexibility index (Phi) is 8.03. The lowest BCUT2D eigenvalue weighted by Gasteiger charge is -2.18. The van der Waals surface area contributed by atoms with E-state index >= 15 is 0 Å². The van der Waals surface area contributed by atoms with Crippen LogP contribution >= 0.6 is 8.03 Å². The van der Waals surface area contributed by atoms with Crippen LogP contribution in [0.3, 0.4) is 0 Å². The fraction of sp³-hybridized carbons (Fsp3) is 0.562. The van der Waals surface area contributed by atoms with Gasteiger partial charge in [0.25, 0.3) is 0 Å². The van der Waals surface area contributed by atoms with Crippen LogP contribution in [-0.2, 0) is 14.1 Å². The lowest BCUT2D eigenvalue weighted by molar-refractivity contribution is -0.145. The molecule has 1 aromatic carbocycles. The number of carbonyl (C=O) groups is 1. The summed E-state index contributed by atoms with van der Waals surface area (Å²) >= 11 is 0. The van der Waals surface area contributed by atoms with Crippen molar-refractivity contribution in [3.05, 3.63) is 24.3 Å². The summed E-state index contributed by atoms with van der Waals surface area (Å²) in [7, 11) is -2.10. The standard InChI is InChI=1S/C16H26NO4P/c1-5-13(6-2)11-20-16(18)12(3)17-14-9-7-8-10-15(14)21-22(4)19/h7-10,12-13,17,22H,5-6,11H2,1-4H3/t12-/m0/s1.